The van der Waals surface area contributed by atoms with Crippen LogP contribution in [0.3, 0.4) is 0 Å². The van der Waals surface area contributed by atoms with E-state index in [2.05, 4.69) is 17.0 Å². The fourth-order valence-electron chi connectivity index (χ4n) is 3.00. The van der Waals surface area contributed by atoms with Crippen molar-refractivity contribution < 1.29 is 9.36 Å². The van der Waals surface area contributed by atoms with E-state index in [1.54, 1.807) is 0 Å². The molecule has 1 aromatic rings. The van der Waals surface area contributed by atoms with Crippen LogP contribution in [0.15, 0.2) is 30.6 Å². The molecule has 2 rings (SSSR count). The number of pyridine rings is 1. The summed E-state index contributed by atoms with van der Waals surface area (Å²) in [6, 6.07) is 6.61. The number of rotatable bonds is 6. The van der Waals surface area contributed by atoms with Crippen molar-refractivity contribution >= 4 is 5.91 Å². The van der Waals surface area contributed by atoms with Gasteiger partial charge in [0.05, 0.1) is 0 Å². The summed E-state index contributed by atoms with van der Waals surface area (Å²) in [5.41, 5.74) is 0. The fraction of sp³-hybridized carbons (Fsp3) is 0.647. The quantitative estimate of drug-likeness (QED) is 0.578. The van der Waals surface area contributed by atoms with Gasteiger partial charge in [-0.1, -0.05) is 25.3 Å². The number of hydrogen-bond donors (Lipinski definition) is 0. The molecule has 0 N–H and O–H groups in total. The van der Waals surface area contributed by atoms with Crippen LogP contribution >= 0.6 is 0 Å². The molecule has 1 aliphatic carbocycles. The molecule has 1 fully saturated rings. The lowest BCUT2D eigenvalue weighted by atomic mass is 9.94. The van der Waals surface area contributed by atoms with Crippen LogP contribution in [0.1, 0.15) is 51.4 Å². The normalized spacial score (nSPS) is 16.1. The van der Waals surface area contributed by atoms with E-state index in [4.69, 9.17) is 0 Å². The molecule has 1 aliphatic rings. The third kappa shape index (κ3) is 4.62. The van der Waals surface area contributed by atoms with Crippen LogP contribution in [-0.2, 0) is 11.3 Å². The Morgan fingerprint density at radius 2 is 1.80 bits per heavy atom. The van der Waals surface area contributed by atoms with Gasteiger partial charge in [0.25, 0.3) is 0 Å². The Hall–Kier alpha value is -1.38. The summed E-state index contributed by atoms with van der Waals surface area (Å²) < 4.78 is 2.18. The maximum absolute atomic E-state index is 12.2. The molecule has 0 spiro atoms. The highest BCUT2D eigenvalue weighted by Crippen LogP contribution is 2.22. The average molecular weight is 275 g/mol. The Balaban J connectivity index is 1.64. The largest absolute Gasteiger partial charge is 0.343 e. The second-order valence-corrected chi connectivity index (χ2v) is 5.87. The first-order valence-electron chi connectivity index (χ1n) is 7.97. The second kappa shape index (κ2) is 8.03. The van der Waals surface area contributed by atoms with E-state index in [1.807, 2.05) is 30.1 Å². The van der Waals surface area contributed by atoms with Crippen molar-refractivity contribution in [3.05, 3.63) is 30.6 Å². The predicted octanol–water partition coefficient (Wildman–Crippen LogP) is 2.94. The van der Waals surface area contributed by atoms with Crippen molar-refractivity contribution in [2.75, 3.05) is 7.05 Å². The highest BCUT2D eigenvalue weighted by Gasteiger charge is 2.21. The van der Waals surface area contributed by atoms with E-state index in [9.17, 15) is 4.79 Å². The molecule has 1 saturated carbocycles. The summed E-state index contributed by atoms with van der Waals surface area (Å²) in [6.07, 6.45) is 13.2. The second-order valence-electron chi connectivity index (χ2n) is 5.87. The zero-order chi connectivity index (χ0) is 14.2. The van der Waals surface area contributed by atoms with E-state index in [-0.39, 0.29) is 0 Å². The van der Waals surface area contributed by atoms with Crippen LogP contribution in [0.5, 0.6) is 0 Å². The van der Waals surface area contributed by atoms with Crippen molar-refractivity contribution in [1.29, 1.82) is 0 Å². The predicted molar refractivity (Wildman–Crippen MR) is 80.1 cm³/mol. The summed E-state index contributed by atoms with van der Waals surface area (Å²) in [5.74, 6) is 0.329. The number of carbonyl (C=O) groups excluding carboxylic acids is 1. The SMILES string of the molecule is CN(C(=O)CCCC[n+]1ccccc1)C1CCCCC1. The zero-order valence-electron chi connectivity index (χ0n) is 12.6. The smallest absolute Gasteiger partial charge is 0.222 e. The maximum Gasteiger partial charge on any atom is 0.222 e. The number of nitrogens with zero attached hydrogens (tertiary/aromatic N) is 2. The minimum Gasteiger partial charge on any atom is -0.343 e. The number of carbonyl (C=O) groups is 1. The van der Waals surface area contributed by atoms with Crippen molar-refractivity contribution in [2.24, 2.45) is 0 Å². The highest BCUT2D eigenvalue weighted by atomic mass is 16.2. The molecule has 0 saturated heterocycles. The first kappa shape index (κ1) is 15.0. The average Bonchev–Trinajstić information content (AvgIpc) is 2.52. The molecule has 0 bridgehead atoms. The van der Waals surface area contributed by atoms with E-state index in [1.165, 1.54) is 32.1 Å². The molecular formula is C17H27N2O+. The molecule has 110 valence electrons. The fourth-order valence-corrected chi connectivity index (χ4v) is 3.00. The summed E-state index contributed by atoms with van der Waals surface area (Å²) in [5, 5.41) is 0. The van der Waals surface area contributed by atoms with Crippen LogP contribution < -0.4 is 4.57 Å². The van der Waals surface area contributed by atoms with Crippen LogP contribution in [0.2, 0.25) is 0 Å². The number of hydrogen-bond acceptors (Lipinski definition) is 1. The number of amides is 1. The first-order valence-corrected chi connectivity index (χ1v) is 7.97. The third-order valence-corrected chi connectivity index (χ3v) is 4.35. The molecule has 0 aliphatic heterocycles. The zero-order valence-corrected chi connectivity index (χ0v) is 12.6. The van der Waals surface area contributed by atoms with E-state index in [0.717, 1.165) is 19.4 Å². The van der Waals surface area contributed by atoms with Gasteiger partial charge in [-0.05, 0) is 19.3 Å². The topological polar surface area (TPSA) is 24.2 Å². The highest BCUT2D eigenvalue weighted by molar-refractivity contribution is 5.76. The van der Waals surface area contributed by atoms with Crippen molar-refractivity contribution in [1.82, 2.24) is 4.90 Å². The van der Waals surface area contributed by atoms with E-state index >= 15 is 0 Å². The molecule has 3 nitrogen and oxygen atoms in total. The molecule has 1 aromatic heterocycles. The molecule has 1 amide bonds. The van der Waals surface area contributed by atoms with E-state index < -0.39 is 0 Å². The number of unbranched alkanes of at least 4 members (excludes halogenated alkanes) is 1. The Labute approximate surface area is 122 Å². The van der Waals surface area contributed by atoms with Crippen LogP contribution in [0.25, 0.3) is 0 Å². The van der Waals surface area contributed by atoms with E-state index in [0.29, 0.717) is 18.4 Å². The van der Waals surface area contributed by atoms with Crippen molar-refractivity contribution in [2.45, 2.75) is 64.0 Å². The summed E-state index contributed by atoms with van der Waals surface area (Å²) in [7, 11) is 1.99. The molecule has 0 radical (unpaired) electrons. The number of aromatic nitrogens is 1. The van der Waals surface area contributed by atoms with Gasteiger partial charge < -0.3 is 4.90 Å². The molecule has 0 aromatic carbocycles. The van der Waals surface area contributed by atoms with Gasteiger partial charge in [0.1, 0.15) is 6.54 Å². The van der Waals surface area contributed by atoms with Gasteiger partial charge in [0.2, 0.25) is 5.91 Å². The molecule has 3 heteroatoms. The van der Waals surface area contributed by atoms with Crippen molar-refractivity contribution in [3.8, 4) is 0 Å². The molecule has 0 atom stereocenters. The Morgan fingerprint density at radius 1 is 1.10 bits per heavy atom. The first-order chi connectivity index (χ1) is 9.77. The molecule has 1 heterocycles. The third-order valence-electron chi connectivity index (χ3n) is 4.35. The minimum atomic E-state index is 0.329. The van der Waals surface area contributed by atoms with Gasteiger partial charge in [0, 0.05) is 38.1 Å². The molecular weight excluding hydrogens is 248 g/mol. The minimum absolute atomic E-state index is 0.329. The van der Waals surface area contributed by atoms with Gasteiger partial charge in [-0.15, -0.1) is 0 Å². The number of aryl methyl sites for hydroxylation is 1. The van der Waals surface area contributed by atoms with Gasteiger partial charge in [-0.2, -0.15) is 0 Å². The van der Waals surface area contributed by atoms with Gasteiger partial charge >= 0.3 is 0 Å². The van der Waals surface area contributed by atoms with Crippen LogP contribution in [0, 0.1) is 0 Å². The lowest BCUT2D eigenvalue weighted by molar-refractivity contribution is -0.697. The Bertz CT molecular complexity index is 399. The summed E-state index contributed by atoms with van der Waals surface area (Å²) in [4.78, 5) is 14.2. The van der Waals surface area contributed by atoms with Crippen molar-refractivity contribution in [3.63, 3.8) is 0 Å². The Kier molecular flexibility index (Phi) is 6.03. The summed E-state index contributed by atoms with van der Waals surface area (Å²) in [6.45, 7) is 1.00. The van der Waals surface area contributed by atoms with Gasteiger partial charge in [-0.25, -0.2) is 4.57 Å². The van der Waals surface area contributed by atoms with Crippen LogP contribution in [-0.4, -0.2) is 23.9 Å². The lowest BCUT2D eigenvalue weighted by Gasteiger charge is -2.31. The Morgan fingerprint density at radius 3 is 2.50 bits per heavy atom. The monoisotopic (exact) mass is 275 g/mol. The van der Waals surface area contributed by atoms with Gasteiger partial charge in [-0.3, -0.25) is 4.79 Å². The standard InChI is InChI=1S/C17H27N2O/c1-18(16-10-4-2-5-11-16)17(20)12-6-9-15-19-13-7-3-8-14-19/h3,7-8,13-14,16H,2,4-6,9-12,15H2,1H3/q+1. The van der Waals surface area contributed by atoms with Gasteiger partial charge in [0.15, 0.2) is 12.4 Å². The maximum atomic E-state index is 12.2. The van der Waals surface area contributed by atoms with Crippen LogP contribution in [0.4, 0.5) is 0 Å². The lowest BCUT2D eigenvalue weighted by Crippen LogP contribution is -2.38. The molecule has 20 heavy (non-hydrogen) atoms. The summed E-state index contributed by atoms with van der Waals surface area (Å²) >= 11 is 0. The molecule has 0 unspecified atom stereocenters.